The molecule has 0 saturated heterocycles. The number of ether oxygens (including phenoxy) is 2. The highest BCUT2D eigenvalue weighted by Crippen LogP contribution is 2.20. The van der Waals surface area contributed by atoms with Gasteiger partial charge in [0.1, 0.15) is 5.75 Å². The van der Waals surface area contributed by atoms with E-state index in [0.29, 0.717) is 17.9 Å². The van der Waals surface area contributed by atoms with E-state index in [4.69, 9.17) is 9.47 Å². The Morgan fingerprint density at radius 3 is 2.40 bits per heavy atom. The topological polar surface area (TPSA) is 64.6 Å². The Balaban J connectivity index is 2.03. The molecule has 2 rings (SSSR count). The smallest absolute Gasteiger partial charge is 0.347 e. The zero-order valence-corrected chi connectivity index (χ0v) is 15.0. The van der Waals surface area contributed by atoms with E-state index in [1.54, 1.807) is 38.1 Å². The number of aryl methyl sites for hydroxylation is 1. The molecule has 0 spiro atoms. The van der Waals surface area contributed by atoms with Gasteiger partial charge in [-0.1, -0.05) is 12.1 Å². The molecule has 0 aromatic heterocycles. The molecule has 2 aromatic carbocycles. The zero-order valence-electron chi connectivity index (χ0n) is 15.0. The lowest BCUT2D eigenvalue weighted by molar-refractivity contribution is -0.150. The number of benzene rings is 2. The van der Waals surface area contributed by atoms with Crippen molar-refractivity contribution < 1.29 is 19.1 Å². The average molecular weight is 341 g/mol. The van der Waals surface area contributed by atoms with Crippen LogP contribution >= 0.6 is 0 Å². The molecular formula is C20H23NO4. The number of esters is 1. The van der Waals surface area contributed by atoms with Crippen molar-refractivity contribution in [3.8, 4) is 5.75 Å². The van der Waals surface area contributed by atoms with Crippen LogP contribution in [0.25, 0.3) is 0 Å². The van der Waals surface area contributed by atoms with E-state index in [1.165, 1.54) is 0 Å². The van der Waals surface area contributed by atoms with E-state index in [2.05, 4.69) is 5.32 Å². The summed E-state index contributed by atoms with van der Waals surface area (Å²) in [4.78, 5) is 24.0. The summed E-state index contributed by atoms with van der Waals surface area (Å²) in [6.07, 6.45) is -0.699. The van der Waals surface area contributed by atoms with Gasteiger partial charge in [0.05, 0.1) is 6.61 Å². The molecule has 25 heavy (non-hydrogen) atoms. The number of amides is 1. The van der Waals surface area contributed by atoms with Crippen molar-refractivity contribution in [1.82, 2.24) is 0 Å². The van der Waals surface area contributed by atoms with E-state index in [0.717, 1.165) is 16.8 Å². The highest BCUT2D eigenvalue weighted by molar-refractivity contribution is 6.04. The lowest BCUT2D eigenvalue weighted by Crippen LogP contribution is -2.26. The molecular weight excluding hydrogens is 318 g/mol. The standard InChI is InChI=1S/C20H23NO4/c1-5-24-20(23)15(4)25-17-11-9-16(10-12-17)19(22)21-18-8-6-7-13(2)14(18)3/h6-12,15H,5H2,1-4H3,(H,21,22)/t15-/m0/s1. The second-order valence-electron chi connectivity index (χ2n) is 5.74. The van der Waals surface area contributed by atoms with Crippen LogP contribution in [0.3, 0.4) is 0 Å². The molecule has 0 fully saturated rings. The maximum Gasteiger partial charge on any atom is 0.347 e. The maximum absolute atomic E-state index is 12.4. The summed E-state index contributed by atoms with van der Waals surface area (Å²) in [5, 5.41) is 2.91. The number of carbonyl (C=O) groups excluding carboxylic acids is 2. The molecule has 132 valence electrons. The average Bonchev–Trinajstić information content (AvgIpc) is 2.59. The van der Waals surface area contributed by atoms with Gasteiger partial charge in [0, 0.05) is 11.3 Å². The molecule has 0 unspecified atom stereocenters. The molecule has 0 heterocycles. The first-order valence-corrected chi connectivity index (χ1v) is 8.23. The third-order valence-corrected chi connectivity index (χ3v) is 3.90. The number of rotatable bonds is 6. The summed E-state index contributed by atoms with van der Waals surface area (Å²) in [6.45, 7) is 7.65. The van der Waals surface area contributed by atoms with Gasteiger partial charge in [0.15, 0.2) is 6.10 Å². The molecule has 0 aliphatic carbocycles. The fourth-order valence-corrected chi connectivity index (χ4v) is 2.28. The predicted molar refractivity (Wildman–Crippen MR) is 97.0 cm³/mol. The Kier molecular flexibility index (Phi) is 6.17. The van der Waals surface area contributed by atoms with Crippen molar-refractivity contribution in [2.75, 3.05) is 11.9 Å². The summed E-state index contributed by atoms with van der Waals surface area (Å²) in [7, 11) is 0. The minimum Gasteiger partial charge on any atom is -0.479 e. The van der Waals surface area contributed by atoms with Crippen molar-refractivity contribution in [1.29, 1.82) is 0 Å². The van der Waals surface area contributed by atoms with Crippen molar-refractivity contribution in [2.24, 2.45) is 0 Å². The first-order valence-electron chi connectivity index (χ1n) is 8.23. The molecule has 1 atom stereocenters. The molecule has 0 aliphatic rings. The summed E-state index contributed by atoms with van der Waals surface area (Å²) >= 11 is 0. The molecule has 1 amide bonds. The first kappa shape index (κ1) is 18.5. The van der Waals surface area contributed by atoms with Crippen LogP contribution in [-0.2, 0) is 9.53 Å². The van der Waals surface area contributed by atoms with Crippen LogP contribution in [0.2, 0.25) is 0 Å². The van der Waals surface area contributed by atoms with Gasteiger partial charge in [-0.05, 0) is 69.2 Å². The second kappa shape index (κ2) is 8.33. The van der Waals surface area contributed by atoms with Crippen LogP contribution in [0.4, 0.5) is 5.69 Å². The number of hydrogen-bond donors (Lipinski definition) is 1. The molecule has 2 aromatic rings. The molecule has 0 aliphatic heterocycles. The Labute approximate surface area is 148 Å². The summed E-state index contributed by atoms with van der Waals surface area (Å²) in [5.41, 5.74) is 3.46. The van der Waals surface area contributed by atoms with E-state index < -0.39 is 12.1 Å². The Bertz CT molecular complexity index is 753. The van der Waals surface area contributed by atoms with Gasteiger partial charge in [-0.15, -0.1) is 0 Å². The van der Waals surface area contributed by atoms with Gasteiger partial charge in [-0.2, -0.15) is 0 Å². The normalized spacial score (nSPS) is 11.5. The highest BCUT2D eigenvalue weighted by atomic mass is 16.6. The quantitative estimate of drug-likeness (QED) is 0.810. The highest BCUT2D eigenvalue weighted by Gasteiger charge is 2.16. The Morgan fingerprint density at radius 1 is 1.08 bits per heavy atom. The Morgan fingerprint density at radius 2 is 1.76 bits per heavy atom. The van der Waals surface area contributed by atoms with Crippen LogP contribution in [0.15, 0.2) is 42.5 Å². The van der Waals surface area contributed by atoms with Crippen LogP contribution < -0.4 is 10.1 Å². The number of nitrogens with one attached hydrogen (secondary N) is 1. The van der Waals surface area contributed by atoms with Gasteiger partial charge >= 0.3 is 5.97 Å². The molecule has 1 N–H and O–H groups in total. The van der Waals surface area contributed by atoms with Gasteiger partial charge < -0.3 is 14.8 Å². The summed E-state index contributed by atoms with van der Waals surface area (Å²) < 4.78 is 10.4. The SMILES string of the molecule is CCOC(=O)[C@H](C)Oc1ccc(C(=O)Nc2cccc(C)c2C)cc1. The molecule has 0 saturated carbocycles. The van der Waals surface area contributed by atoms with E-state index in [9.17, 15) is 9.59 Å². The van der Waals surface area contributed by atoms with Gasteiger partial charge in [-0.25, -0.2) is 4.79 Å². The van der Waals surface area contributed by atoms with Crippen LogP contribution in [-0.4, -0.2) is 24.6 Å². The van der Waals surface area contributed by atoms with Crippen LogP contribution in [0, 0.1) is 13.8 Å². The first-order chi connectivity index (χ1) is 11.9. The lowest BCUT2D eigenvalue weighted by atomic mass is 10.1. The van der Waals surface area contributed by atoms with Crippen molar-refractivity contribution in [2.45, 2.75) is 33.8 Å². The number of anilines is 1. The van der Waals surface area contributed by atoms with Gasteiger partial charge in [0.2, 0.25) is 0 Å². The Hall–Kier alpha value is -2.82. The fraction of sp³-hybridized carbons (Fsp3) is 0.300. The lowest BCUT2D eigenvalue weighted by Gasteiger charge is -2.14. The van der Waals surface area contributed by atoms with Crippen LogP contribution in [0.5, 0.6) is 5.75 Å². The maximum atomic E-state index is 12.4. The summed E-state index contributed by atoms with van der Waals surface area (Å²) in [6, 6.07) is 12.4. The third kappa shape index (κ3) is 4.83. The molecule has 5 heteroatoms. The van der Waals surface area contributed by atoms with Crippen molar-refractivity contribution in [3.05, 3.63) is 59.2 Å². The predicted octanol–water partition coefficient (Wildman–Crippen LogP) is 3.89. The molecule has 0 bridgehead atoms. The minimum absolute atomic E-state index is 0.196. The van der Waals surface area contributed by atoms with Crippen LogP contribution in [0.1, 0.15) is 35.3 Å². The largest absolute Gasteiger partial charge is 0.479 e. The van der Waals surface area contributed by atoms with E-state index in [1.807, 2.05) is 32.0 Å². The van der Waals surface area contributed by atoms with E-state index >= 15 is 0 Å². The molecule has 5 nitrogen and oxygen atoms in total. The summed E-state index contributed by atoms with van der Waals surface area (Å²) in [5.74, 6) is -0.109. The zero-order chi connectivity index (χ0) is 18.4. The molecule has 0 radical (unpaired) electrons. The third-order valence-electron chi connectivity index (χ3n) is 3.90. The monoisotopic (exact) mass is 341 g/mol. The fourth-order valence-electron chi connectivity index (χ4n) is 2.28. The van der Waals surface area contributed by atoms with Gasteiger partial charge in [-0.3, -0.25) is 4.79 Å². The van der Waals surface area contributed by atoms with Gasteiger partial charge in [0.25, 0.3) is 5.91 Å². The van der Waals surface area contributed by atoms with Crippen molar-refractivity contribution in [3.63, 3.8) is 0 Å². The van der Waals surface area contributed by atoms with E-state index in [-0.39, 0.29) is 5.91 Å². The minimum atomic E-state index is -0.699. The number of carbonyl (C=O) groups is 2. The van der Waals surface area contributed by atoms with Crippen molar-refractivity contribution >= 4 is 17.6 Å². The second-order valence-corrected chi connectivity index (χ2v) is 5.74. The number of hydrogen-bond acceptors (Lipinski definition) is 4.